The number of ether oxygens (including phenoxy) is 1. The van der Waals surface area contributed by atoms with E-state index in [9.17, 15) is 4.79 Å². The maximum atomic E-state index is 13.1. The average molecular weight is 372 g/mol. The number of amides is 1. The molecule has 28 heavy (non-hydrogen) atoms. The summed E-state index contributed by atoms with van der Waals surface area (Å²) >= 11 is 0. The molecule has 2 aromatic carbocycles. The lowest BCUT2D eigenvalue weighted by atomic mass is 10.1. The molecule has 1 aromatic heterocycles. The minimum atomic E-state index is 0.0851. The largest absolute Gasteiger partial charge is 0.489 e. The van der Waals surface area contributed by atoms with Crippen molar-refractivity contribution in [2.45, 2.75) is 39.0 Å². The van der Waals surface area contributed by atoms with Gasteiger partial charge in [0.2, 0.25) is 0 Å². The zero-order valence-electron chi connectivity index (χ0n) is 16.0. The first-order valence-electron chi connectivity index (χ1n) is 9.67. The third-order valence-corrected chi connectivity index (χ3v) is 4.95. The van der Waals surface area contributed by atoms with Crippen LogP contribution >= 0.6 is 0 Å². The van der Waals surface area contributed by atoms with Crippen molar-refractivity contribution in [3.8, 4) is 5.75 Å². The smallest absolute Gasteiger partial charge is 0.254 e. The Hall–Kier alpha value is -3.14. The maximum absolute atomic E-state index is 13.1. The minimum Gasteiger partial charge on any atom is -0.489 e. The molecule has 0 spiro atoms. The molecule has 4 heteroatoms. The highest BCUT2D eigenvalue weighted by Gasteiger charge is 2.33. The highest BCUT2D eigenvalue weighted by Crippen LogP contribution is 2.30. The van der Waals surface area contributed by atoms with Gasteiger partial charge in [-0.25, -0.2) is 0 Å². The van der Waals surface area contributed by atoms with E-state index in [2.05, 4.69) is 36.2 Å². The summed E-state index contributed by atoms with van der Waals surface area (Å²) in [5, 5.41) is 0. The molecular formula is C24H24N2O2. The number of aromatic nitrogens is 1. The van der Waals surface area contributed by atoms with Gasteiger partial charge in [-0.2, -0.15) is 0 Å². The van der Waals surface area contributed by atoms with Crippen LogP contribution in [0.3, 0.4) is 0 Å². The average Bonchev–Trinajstić information content (AvgIpc) is 3.58. The number of hydrogen-bond acceptors (Lipinski definition) is 3. The SMILES string of the molecule is Cc1ccc(CN(C(=O)c2ccc(OCc3cccnc3)cc2)C2CC2)cc1. The van der Waals surface area contributed by atoms with Crippen LogP contribution in [0, 0.1) is 6.92 Å². The van der Waals surface area contributed by atoms with Crippen LogP contribution in [-0.4, -0.2) is 21.8 Å². The Morgan fingerprint density at radius 1 is 1.04 bits per heavy atom. The fourth-order valence-corrected chi connectivity index (χ4v) is 3.15. The highest BCUT2D eigenvalue weighted by atomic mass is 16.5. The van der Waals surface area contributed by atoms with Gasteiger partial charge in [-0.1, -0.05) is 35.9 Å². The van der Waals surface area contributed by atoms with Gasteiger partial charge < -0.3 is 9.64 Å². The Kier molecular flexibility index (Phi) is 5.38. The molecule has 0 aliphatic heterocycles. The molecule has 1 aliphatic carbocycles. The third kappa shape index (κ3) is 4.58. The van der Waals surface area contributed by atoms with E-state index in [0.29, 0.717) is 24.8 Å². The van der Waals surface area contributed by atoms with Crippen molar-refractivity contribution >= 4 is 5.91 Å². The number of pyridine rings is 1. The molecule has 0 unspecified atom stereocenters. The standard InChI is InChI=1S/C24H24N2O2/c1-18-4-6-19(7-5-18)16-26(22-10-11-22)24(27)21-8-12-23(13-9-21)28-17-20-3-2-14-25-15-20/h2-9,12-15,22H,10-11,16-17H2,1H3. The summed E-state index contributed by atoms with van der Waals surface area (Å²) in [6, 6.07) is 20.1. The summed E-state index contributed by atoms with van der Waals surface area (Å²) in [6.45, 7) is 3.19. The van der Waals surface area contributed by atoms with E-state index in [1.165, 1.54) is 11.1 Å². The van der Waals surface area contributed by atoms with Crippen LogP contribution in [-0.2, 0) is 13.2 Å². The predicted molar refractivity (Wildman–Crippen MR) is 109 cm³/mol. The lowest BCUT2D eigenvalue weighted by Crippen LogP contribution is -2.32. The van der Waals surface area contributed by atoms with Gasteiger partial charge in [0.15, 0.2) is 0 Å². The van der Waals surface area contributed by atoms with Crippen molar-refractivity contribution in [1.82, 2.24) is 9.88 Å². The van der Waals surface area contributed by atoms with Gasteiger partial charge in [0.25, 0.3) is 5.91 Å². The topological polar surface area (TPSA) is 42.4 Å². The van der Waals surface area contributed by atoms with Crippen LogP contribution in [0.4, 0.5) is 0 Å². The van der Waals surface area contributed by atoms with Crippen molar-refractivity contribution < 1.29 is 9.53 Å². The van der Waals surface area contributed by atoms with E-state index in [-0.39, 0.29) is 5.91 Å². The number of rotatable bonds is 7. The monoisotopic (exact) mass is 372 g/mol. The first-order valence-corrected chi connectivity index (χ1v) is 9.67. The van der Waals surface area contributed by atoms with E-state index in [0.717, 1.165) is 24.2 Å². The molecule has 1 heterocycles. The fraction of sp³-hybridized carbons (Fsp3) is 0.250. The molecule has 142 valence electrons. The number of nitrogens with zero attached hydrogens (tertiary/aromatic N) is 2. The maximum Gasteiger partial charge on any atom is 0.254 e. The molecule has 1 amide bonds. The summed E-state index contributed by atoms with van der Waals surface area (Å²) < 4.78 is 5.79. The molecule has 3 aromatic rings. The molecule has 0 radical (unpaired) electrons. The van der Waals surface area contributed by atoms with Gasteiger partial charge in [-0.15, -0.1) is 0 Å². The number of aryl methyl sites for hydroxylation is 1. The summed E-state index contributed by atoms with van der Waals surface area (Å²) in [5.41, 5.74) is 4.12. The van der Waals surface area contributed by atoms with Crippen molar-refractivity contribution in [3.05, 3.63) is 95.3 Å². The molecule has 4 nitrogen and oxygen atoms in total. The summed E-state index contributed by atoms with van der Waals surface area (Å²) in [4.78, 5) is 19.1. The normalized spacial score (nSPS) is 13.2. The molecular weight excluding hydrogens is 348 g/mol. The van der Waals surface area contributed by atoms with Gasteiger partial charge in [0.05, 0.1) is 0 Å². The van der Waals surface area contributed by atoms with Crippen LogP contribution in [0.25, 0.3) is 0 Å². The highest BCUT2D eigenvalue weighted by molar-refractivity contribution is 5.94. The van der Waals surface area contributed by atoms with Gasteiger partial charge in [0.1, 0.15) is 12.4 Å². The summed E-state index contributed by atoms with van der Waals surface area (Å²) in [7, 11) is 0. The van der Waals surface area contributed by atoms with Crippen molar-refractivity contribution in [3.63, 3.8) is 0 Å². The van der Waals surface area contributed by atoms with Crippen molar-refractivity contribution in [2.24, 2.45) is 0 Å². The molecule has 1 aliphatic rings. The third-order valence-electron chi connectivity index (χ3n) is 4.95. The number of benzene rings is 2. The van der Waals surface area contributed by atoms with Gasteiger partial charge >= 0.3 is 0 Å². The Morgan fingerprint density at radius 2 is 1.79 bits per heavy atom. The van der Waals surface area contributed by atoms with Crippen LogP contribution in [0.15, 0.2) is 73.1 Å². The zero-order valence-corrected chi connectivity index (χ0v) is 16.0. The van der Waals surface area contributed by atoms with Crippen LogP contribution in [0.2, 0.25) is 0 Å². The lowest BCUT2D eigenvalue weighted by Gasteiger charge is -2.23. The van der Waals surface area contributed by atoms with Gasteiger partial charge in [0, 0.05) is 36.1 Å². The van der Waals surface area contributed by atoms with Crippen LogP contribution in [0.1, 0.15) is 39.9 Å². The van der Waals surface area contributed by atoms with Crippen LogP contribution < -0.4 is 4.74 Å². The Labute approximate surface area is 165 Å². The number of hydrogen-bond donors (Lipinski definition) is 0. The second kappa shape index (κ2) is 8.26. The molecule has 0 saturated heterocycles. The molecule has 1 saturated carbocycles. The summed E-state index contributed by atoms with van der Waals surface area (Å²) in [5.74, 6) is 0.832. The van der Waals surface area contributed by atoms with Crippen molar-refractivity contribution in [2.75, 3.05) is 0 Å². The minimum absolute atomic E-state index is 0.0851. The molecule has 0 N–H and O–H groups in total. The first kappa shape index (κ1) is 18.2. The fourth-order valence-electron chi connectivity index (χ4n) is 3.15. The number of carbonyl (C=O) groups excluding carboxylic acids is 1. The molecule has 0 atom stereocenters. The number of carbonyl (C=O) groups is 1. The van der Waals surface area contributed by atoms with Gasteiger partial charge in [-0.05, 0) is 55.7 Å². The van der Waals surface area contributed by atoms with Crippen molar-refractivity contribution in [1.29, 1.82) is 0 Å². The second-order valence-corrected chi connectivity index (χ2v) is 7.32. The van der Waals surface area contributed by atoms with E-state index in [4.69, 9.17) is 4.74 Å². The molecule has 1 fully saturated rings. The molecule has 4 rings (SSSR count). The first-order chi connectivity index (χ1) is 13.7. The Balaban J connectivity index is 1.41. The van der Waals surface area contributed by atoms with E-state index in [1.54, 1.807) is 12.4 Å². The van der Waals surface area contributed by atoms with E-state index >= 15 is 0 Å². The van der Waals surface area contributed by atoms with Gasteiger partial charge in [-0.3, -0.25) is 9.78 Å². The van der Waals surface area contributed by atoms with E-state index < -0.39 is 0 Å². The van der Waals surface area contributed by atoms with Crippen LogP contribution in [0.5, 0.6) is 5.75 Å². The predicted octanol–water partition coefficient (Wildman–Crippen LogP) is 4.77. The summed E-state index contributed by atoms with van der Waals surface area (Å²) in [6.07, 6.45) is 5.70. The Bertz CT molecular complexity index is 917. The van der Waals surface area contributed by atoms with E-state index in [1.807, 2.05) is 41.3 Å². The Morgan fingerprint density at radius 3 is 2.43 bits per heavy atom. The molecule has 0 bridgehead atoms. The lowest BCUT2D eigenvalue weighted by molar-refractivity contribution is 0.0730. The second-order valence-electron chi connectivity index (χ2n) is 7.32. The quantitative estimate of drug-likeness (QED) is 0.600. The zero-order chi connectivity index (χ0) is 19.3.